The van der Waals surface area contributed by atoms with Gasteiger partial charge in [-0.25, -0.2) is 9.59 Å². The summed E-state index contributed by atoms with van der Waals surface area (Å²) in [7, 11) is 0. The van der Waals surface area contributed by atoms with E-state index in [1.807, 2.05) is 74.5 Å². The van der Waals surface area contributed by atoms with Crippen molar-refractivity contribution in [3.63, 3.8) is 0 Å². The lowest BCUT2D eigenvalue weighted by Crippen LogP contribution is -2.55. The van der Waals surface area contributed by atoms with Crippen LogP contribution in [0, 0.1) is 5.92 Å². The number of amides is 4. The first-order chi connectivity index (χ1) is 18.3. The van der Waals surface area contributed by atoms with E-state index in [2.05, 4.69) is 16.0 Å². The predicted octanol–water partition coefficient (Wildman–Crippen LogP) is 3.39. The molecule has 0 unspecified atom stereocenters. The minimum Gasteiger partial charge on any atom is -0.445 e. The Morgan fingerprint density at radius 2 is 1.37 bits per heavy atom. The van der Waals surface area contributed by atoms with Crippen molar-refractivity contribution < 1.29 is 28.7 Å². The van der Waals surface area contributed by atoms with Crippen molar-refractivity contribution in [2.24, 2.45) is 11.7 Å². The minimum atomic E-state index is -0.950. The fraction of sp³-hybridized carbons (Fsp3) is 0.429. The molecular formula is C28H38N4O6. The number of alkyl carbamates (subject to hydrolysis) is 2. The number of hydrogen-bond donors (Lipinski definition) is 4. The van der Waals surface area contributed by atoms with Crippen LogP contribution < -0.4 is 21.7 Å². The lowest BCUT2D eigenvalue weighted by atomic mass is 9.98. The Kier molecular flexibility index (Phi) is 13.2. The third-order valence-corrected chi connectivity index (χ3v) is 6.04. The molecule has 2 aromatic rings. The molecule has 4 amide bonds. The first-order valence-corrected chi connectivity index (χ1v) is 12.8. The van der Waals surface area contributed by atoms with Crippen LogP contribution in [-0.2, 0) is 32.3 Å². The monoisotopic (exact) mass is 526 g/mol. The zero-order valence-electron chi connectivity index (χ0n) is 22.0. The van der Waals surface area contributed by atoms with Crippen LogP contribution in [0.3, 0.4) is 0 Å². The zero-order chi connectivity index (χ0) is 27.8. The fourth-order valence-corrected chi connectivity index (χ4v) is 3.60. The molecule has 0 fully saturated rings. The Morgan fingerprint density at radius 3 is 1.89 bits per heavy atom. The predicted molar refractivity (Wildman–Crippen MR) is 143 cm³/mol. The molecular weight excluding hydrogens is 488 g/mol. The average Bonchev–Trinajstić information content (AvgIpc) is 2.93. The SMILES string of the molecule is CC[C@@H](C)[C@H](NC(=O)[C@@H](CCCCNC(=O)OCc1ccccc1)NC(=O)OCc1ccccc1)C(N)=O. The molecule has 0 spiro atoms. The zero-order valence-corrected chi connectivity index (χ0v) is 22.0. The van der Waals surface area contributed by atoms with Crippen molar-refractivity contribution in [2.45, 2.75) is 64.8 Å². The number of unbranched alkanes of at least 4 members (excludes halogenated alkanes) is 1. The second-order valence-corrected chi connectivity index (χ2v) is 9.02. The molecule has 0 saturated heterocycles. The van der Waals surface area contributed by atoms with Gasteiger partial charge in [-0.1, -0.05) is 80.9 Å². The number of carbonyl (C=O) groups excluding carboxylic acids is 4. The molecule has 2 rings (SSSR count). The summed E-state index contributed by atoms with van der Waals surface area (Å²) in [4.78, 5) is 49.2. The van der Waals surface area contributed by atoms with E-state index in [9.17, 15) is 19.2 Å². The number of ether oxygens (including phenoxy) is 2. The van der Waals surface area contributed by atoms with E-state index in [0.29, 0.717) is 25.8 Å². The van der Waals surface area contributed by atoms with Gasteiger partial charge in [0.1, 0.15) is 25.3 Å². The quantitative estimate of drug-likeness (QED) is 0.261. The van der Waals surface area contributed by atoms with Crippen molar-refractivity contribution >= 4 is 24.0 Å². The lowest BCUT2D eigenvalue weighted by Gasteiger charge is -2.25. The second kappa shape index (κ2) is 16.6. The highest BCUT2D eigenvalue weighted by molar-refractivity contribution is 5.90. The number of nitrogens with one attached hydrogen (secondary N) is 3. The van der Waals surface area contributed by atoms with Crippen molar-refractivity contribution in [3.05, 3.63) is 71.8 Å². The molecule has 0 aliphatic heterocycles. The lowest BCUT2D eigenvalue weighted by molar-refractivity contribution is -0.129. The van der Waals surface area contributed by atoms with Crippen LogP contribution in [0.5, 0.6) is 0 Å². The highest BCUT2D eigenvalue weighted by atomic mass is 16.6. The van der Waals surface area contributed by atoms with Crippen molar-refractivity contribution in [3.8, 4) is 0 Å². The summed E-state index contributed by atoms with van der Waals surface area (Å²) in [6, 6.07) is 16.7. The summed E-state index contributed by atoms with van der Waals surface area (Å²) in [6.45, 7) is 4.25. The Hall–Kier alpha value is -4.08. The van der Waals surface area contributed by atoms with Gasteiger partial charge in [0.25, 0.3) is 0 Å². The van der Waals surface area contributed by atoms with Crippen molar-refractivity contribution in [1.29, 1.82) is 0 Å². The molecule has 0 aliphatic rings. The smallest absolute Gasteiger partial charge is 0.408 e. The Labute approximate surface area is 223 Å². The third kappa shape index (κ3) is 11.3. The van der Waals surface area contributed by atoms with Crippen LogP contribution in [0.1, 0.15) is 50.7 Å². The van der Waals surface area contributed by atoms with Gasteiger partial charge in [-0.15, -0.1) is 0 Å². The Morgan fingerprint density at radius 1 is 0.816 bits per heavy atom. The highest BCUT2D eigenvalue weighted by Gasteiger charge is 2.28. The number of benzene rings is 2. The molecule has 0 radical (unpaired) electrons. The molecule has 10 nitrogen and oxygen atoms in total. The highest BCUT2D eigenvalue weighted by Crippen LogP contribution is 2.10. The van der Waals surface area contributed by atoms with Crippen LogP contribution in [-0.4, -0.2) is 42.6 Å². The standard InChI is InChI=1S/C28H38N4O6/c1-3-20(2)24(25(29)33)32-26(34)23(31-28(36)38-19-22-14-8-5-9-15-22)16-10-11-17-30-27(35)37-18-21-12-6-4-7-13-21/h4-9,12-15,20,23-24H,3,10-11,16-19H2,1-2H3,(H2,29,33)(H,30,35)(H,31,36)(H,32,34)/t20-,23-,24+/m1/s1. The molecule has 38 heavy (non-hydrogen) atoms. The Bertz CT molecular complexity index is 1020. The molecule has 5 N–H and O–H groups in total. The van der Waals surface area contributed by atoms with Gasteiger partial charge in [0.2, 0.25) is 11.8 Å². The van der Waals surface area contributed by atoms with Gasteiger partial charge in [-0.3, -0.25) is 9.59 Å². The number of carbonyl (C=O) groups is 4. The summed E-state index contributed by atoms with van der Waals surface area (Å²) in [5, 5.41) is 7.92. The fourth-order valence-electron chi connectivity index (χ4n) is 3.60. The molecule has 0 aliphatic carbocycles. The number of rotatable bonds is 15. The van der Waals surface area contributed by atoms with Gasteiger partial charge >= 0.3 is 12.2 Å². The normalized spacial score (nSPS) is 12.9. The summed E-state index contributed by atoms with van der Waals surface area (Å²) in [6.07, 6.45) is 0.645. The van der Waals surface area contributed by atoms with Crippen LogP contribution in [0.15, 0.2) is 60.7 Å². The molecule has 0 bridgehead atoms. The molecule has 0 saturated carbocycles. The second-order valence-electron chi connectivity index (χ2n) is 9.02. The number of primary amides is 1. The summed E-state index contributed by atoms with van der Waals surface area (Å²) in [5.74, 6) is -1.34. The summed E-state index contributed by atoms with van der Waals surface area (Å²) in [5.41, 5.74) is 7.17. The summed E-state index contributed by atoms with van der Waals surface area (Å²) >= 11 is 0. The molecule has 206 valence electrons. The van der Waals surface area contributed by atoms with Gasteiger partial charge in [-0.2, -0.15) is 0 Å². The Balaban J connectivity index is 1.85. The van der Waals surface area contributed by atoms with E-state index in [1.54, 1.807) is 0 Å². The van der Waals surface area contributed by atoms with E-state index >= 15 is 0 Å². The van der Waals surface area contributed by atoms with E-state index in [0.717, 1.165) is 11.1 Å². The average molecular weight is 527 g/mol. The van der Waals surface area contributed by atoms with Crippen LogP contribution in [0.2, 0.25) is 0 Å². The molecule has 3 atom stereocenters. The molecule has 0 aromatic heterocycles. The van der Waals surface area contributed by atoms with E-state index in [-0.39, 0.29) is 25.6 Å². The minimum absolute atomic E-state index is 0.0484. The maximum atomic E-state index is 13.0. The van der Waals surface area contributed by atoms with Crippen LogP contribution in [0.4, 0.5) is 9.59 Å². The van der Waals surface area contributed by atoms with Crippen LogP contribution in [0.25, 0.3) is 0 Å². The van der Waals surface area contributed by atoms with E-state index in [1.165, 1.54) is 0 Å². The first-order valence-electron chi connectivity index (χ1n) is 12.8. The first kappa shape index (κ1) is 30.1. The molecule has 2 aromatic carbocycles. The molecule has 0 heterocycles. The van der Waals surface area contributed by atoms with Crippen molar-refractivity contribution in [2.75, 3.05) is 6.54 Å². The topological polar surface area (TPSA) is 149 Å². The van der Waals surface area contributed by atoms with Crippen LogP contribution >= 0.6 is 0 Å². The van der Waals surface area contributed by atoms with Gasteiger partial charge in [0.15, 0.2) is 0 Å². The van der Waals surface area contributed by atoms with Gasteiger partial charge in [-0.05, 0) is 36.3 Å². The summed E-state index contributed by atoms with van der Waals surface area (Å²) < 4.78 is 10.4. The largest absolute Gasteiger partial charge is 0.445 e. The van der Waals surface area contributed by atoms with Gasteiger partial charge in [0.05, 0.1) is 0 Å². The van der Waals surface area contributed by atoms with E-state index in [4.69, 9.17) is 15.2 Å². The van der Waals surface area contributed by atoms with E-state index < -0.39 is 36.1 Å². The number of hydrogen-bond acceptors (Lipinski definition) is 6. The third-order valence-electron chi connectivity index (χ3n) is 6.04. The van der Waals surface area contributed by atoms with Gasteiger partial charge < -0.3 is 31.2 Å². The van der Waals surface area contributed by atoms with Gasteiger partial charge in [0, 0.05) is 6.54 Å². The maximum absolute atomic E-state index is 13.0. The number of nitrogens with two attached hydrogens (primary N) is 1. The van der Waals surface area contributed by atoms with Crippen molar-refractivity contribution in [1.82, 2.24) is 16.0 Å². The maximum Gasteiger partial charge on any atom is 0.408 e. The molecule has 10 heteroatoms.